The van der Waals surface area contributed by atoms with Gasteiger partial charge >= 0.3 is 0 Å². The minimum absolute atomic E-state index is 0.114. The molecule has 1 aliphatic carbocycles. The van der Waals surface area contributed by atoms with Crippen molar-refractivity contribution in [2.24, 2.45) is 17.8 Å². The van der Waals surface area contributed by atoms with Crippen LogP contribution >= 0.6 is 0 Å². The van der Waals surface area contributed by atoms with Gasteiger partial charge in [-0.05, 0) is 80.5 Å². The summed E-state index contributed by atoms with van der Waals surface area (Å²) in [6.45, 7) is 7.09. The van der Waals surface area contributed by atoms with Crippen LogP contribution in [0.5, 0.6) is 0 Å². The molecule has 0 bridgehead atoms. The standard InChI is InChI=1S/C25H36N2O2/c28-25(22-11-15-29-18-22)27-16-21-4-3-5-23(24(21)17-27)20-8-6-19(7-9-20)10-14-26-12-1-2-13-26/h6-9,21-24H,1-5,10-18H2/t21-,22?,23?,24+/m0/s1. The van der Waals surface area contributed by atoms with E-state index in [1.54, 1.807) is 0 Å². The first kappa shape index (κ1) is 19.6. The smallest absolute Gasteiger partial charge is 0.228 e. The highest BCUT2D eigenvalue weighted by Crippen LogP contribution is 2.45. The second-order valence-electron chi connectivity index (χ2n) is 9.81. The number of benzene rings is 1. The van der Waals surface area contributed by atoms with Crippen molar-refractivity contribution in [2.45, 2.75) is 50.9 Å². The maximum absolute atomic E-state index is 12.9. The quantitative estimate of drug-likeness (QED) is 0.761. The van der Waals surface area contributed by atoms with E-state index in [0.717, 1.165) is 26.1 Å². The van der Waals surface area contributed by atoms with Crippen molar-refractivity contribution in [3.8, 4) is 0 Å². The van der Waals surface area contributed by atoms with Gasteiger partial charge < -0.3 is 14.5 Å². The highest BCUT2D eigenvalue weighted by molar-refractivity contribution is 5.79. The molecule has 29 heavy (non-hydrogen) atoms. The summed E-state index contributed by atoms with van der Waals surface area (Å²) in [7, 11) is 0. The molecule has 0 spiro atoms. The number of hydrogen-bond acceptors (Lipinski definition) is 3. The van der Waals surface area contributed by atoms with Crippen molar-refractivity contribution in [1.82, 2.24) is 9.80 Å². The van der Waals surface area contributed by atoms with Crippen LogP contribution < -0.4 is 0 Å². The van der Waals surface area contributed by atoms with Crippen LogP contribution in [0.1, 0.15) is 55.6 Å². The summed E-state index contributed by atoms with van der Waals surface area (Å²) >= 11 is 0. The summed E-state index contributed by atoms with van der Waals surface area (Å²) in [5.41, 5.74) is 2.97. The molecule has 4 fully saturated rings. The number of carbonyl (C=O) groups is 1. The SMILES string of the molecule is O=C(C1CCOC1)N1C[C@@H]2CCCC(c3ccc(CCN4CCCC4)cc3)[C@@H]2C1. The van der Waals surface area contributed by atoms with Crippen molar-refractivity contribution in [3.63, 3.8) is 0 Å². The third-order valence-electron chi connectivity index (χ3n) is 8.01. The van der Waals surface area contributed by atoms with Gasteiger partial charge in [0.25, 0.3) is 0 Å². The number of likely N-dealkylation sites (tertiary alicyclic amines) is 2. The van der Waals surface area contributed by atoms with Crippen LogP contribution in [0.3, 0.4) is 0 Å². The number of carbonyl (C=O) groups excluding carboxylic acids is 1. The van der Waals surface area contributed by atoms with Crippen LogP contribution in [-0.4, -0.2) is 61.6 Å². The molecule has 0 aromatic heterocycles. The van der Waals surface area contributed by atoms with Gasteiger partial charge in [0.1, 0.15) is 0 Å². The molecule has 3 heterocycles. The van der Waals surface area contributed by atoms with E-state index in [2.05, 4.69) is 34.1 Å². The van der Waals surface area contributed by atoms with Crippen molar-refractivity contribution >= 4 is 5.91 Å². The Morgan fingerprint density at radius 3 is 2.59 bits per heavy atom. The van der Waals surface area contributed by atoms with Gasteiger partial charge in [-0.15, -0.1) is 0 Å². The lowest BCUT2D eigenvalue weighted by molar-refractivity contribution is -0.134. The van der Waals surface area contributed by atoms with Crippen LogP contribution in [0.2, 0.25) is 0 Å². The van der Waals surface area contributed by atoms with Crippen molar-refractivity contribution in [3.05, 3.63) is 35.4 Å². The topological polar surface area (TPSA) is 32.8 Å². The molecule has 1 amide bonds. The van der Waals surface area contributed by atoms with E-state index in [0.29, 0.717) is 30.3 Å². The monoisotopic (exact) mass is 396 g/mol. The molecule has 1 aromatic carbocycles. The first-order valence-electron chi connectivity index (χ1n) is 12.0. The predicted molar refractivity (Wildman–Crippen MR) is 115 cm³/mol. The minimum Gasteiger partial charge on any atom is -0.381 e. The largest absolute Gasteiger partial charge is 0.381 e. The molecule has 4 aliphatic rings. The number of rotatable bonds is 5. The molecular weight excluding hydrogens is 360 g/mol. The Balaban J connectivity index is 1.21. The average molecular weight is 397 g/mol. The zero-order valence-corrected chi connectivity index (χ0v) is 17.7. The first-order valence-corrected chi connectivity index (χ1v) is 12.0. The van der Waals surface area contributed by atoms with Gasteiger partial charge in [0.05, 0.1) is 12.5 Å². The van der Waals surface area contributed by atoms with Gasteiger partial charge in [-0.3, -0.25) is 4.79 Å². The van der Waals surface area contributed by atoms with E-state index in [1.165, 1.54) is 69.3 Å². The minimum atomic E-state index is 0.114. The molecule has 0 N–H and O–H groups in total. The molecular formula is C25H36N2O2. The molecule has 5 rings (SSSR count). The fourth-order valence-electron chi connectivity index (χ4n) is 6.28. The molecule has 1 saturated carbocycles. The molecule has 3 aliphatic heterocycles. The van der Waals surface area contributed by atoms with Crippen molar-refractivity contribution < 1.29 is 9.53 Å². The number of nitrogens with zero attached hydrogens (tertiary/aromatic N) is 2. The third-order valence-corrected chi connectivity index (χ3v) is 8.01. The molecule has 2 unspecified atom stereocenters. The summed E-state index contributed by atoms with van der Waals surface area (Å²) in [5, 5.41) is 0. The number of fused-ring (bicyclic) bond motifs is 1. The molecule has 1 aromatic rings. The van der Waals surface area contributed by atoms with Gasteiger partial charge in [-0.25, -0.2) is 0 Å². The van der Waals surface area contributed by atoms with E-state index in [4.69, 9.17) is 4.74 Å². The van der Waals surface area contributed by atoms with Crippen LogP contribution in [0.15, 0.2) is 24.3 Å². The third kappa shape index (κ3) is 4.25. The highest BCUT2D eigenvalue weighted by atomic mass is 16.5. The Labute approximate surface area is 175 Å². The fraction of sp³-hybridized carbons (Fsp3) is 0.720. The molecule has 158 valence electrons. The lowest BCUT2D eigenvalue weighted by atomic mass is 9.71. The molecule has 4 nitrogen and oxygen atoms in total. The van der Waals surface area contributed by atoms with Crippen LogP contribution in [0.4, 0.5) is 0 Å². The van der Waals surface area contributed by atoms with Crippen LogP contribution in [-0.2, 0) is 16.0 Å². The average Bonchev–Trinajstić information content (AvgIpc) is 3.53. The summed E-state index contributed by atoms with van der Waals surface area (Å²) in [4.78, 5) is 17.7. The van der Waals surface area contributed by atoms with E-state index < -0.39 is 0 Å². The van der Waals surface area contributed by atoms with Crippen molar-refractivity contribution in [1.29, 1.82) is 0 Å². The van der Waals surface area contributed by atoms with Gasteiger partial charge in [-0.2, -0.15) is 0 Å². The van der Waals surface area contributed by atoms with Gasteiger partial charge in [0.2, 0.25) is 5.91 Å². The summed E-state index contributed by atoms with van der Waals surface area (Å²) < 4.78 is 5.46. The Kier molecular flexibility index (Phi) is 5.92. The Bertz CT molecular complexity index is 691. The first-order chi connectivity index (χ1) is 14.3. The van der Waals surface area contributed by atoms with Gasteiger partial charge in [-0.1, -0.05) is 30.7 Å². The van der Waals surface area contributed by atoms with Crippen LogP contribution in [0.25, 0.3) is 0 Å². The maximum atomic E-state index is 12.9. The lowest BCUT2D eigenvalue weighted by Crippen LogP contribution is -2.35. The Hall–Kier alpha value is -1.39. The zero-order chi connectivity index (χ0) is 19.6. The zero-order valence-electron chi connectivity index (χ0n) is 17.7. The fourth-order valence-corrected chi connectivity index (χ4v) is 6.28. The second-order valence-corrected chi connectivity index (χ2v) is 9.81. The van der Waals surface area contributed by atoms with E-state index in [1.807, 2.05) is 0 Å². The highest BCUT2D eigenvalue weighted by Gasteiger charge is 2.43. The second kappa shape index (κ2) is 8.77. The number of amides is 1. The Morgan fingerprint density at radius 2 is 1.83 bits per heavy atom. The molecule has 4 heteroatoms. The van der Waals surface area contributed by atoms with Crippen LogP contribution in [0, 0.1) is 17.8 Å². The van der Waals surface area contributed by atoms with Gasteiger partial charge in [0, 0.05) is 26.2 Å². The summed E-state index contributed by atoms with van der Waals surface area (Å²) in [6, 6.07) is 9.51. The molecule has 4 atom stereocenters. The molecule has 3 saturated heterocycles. The predicted octanol–water partition coefficient (Wildman–Crippen LogP) is 3.70. The van der Waals surface area contributed by atoms with E-state index in [9.17, 15) is 4.79 Å². The number of ether oxygens (including phenoxy) is 1. The summed E-state index contributed by atoms with van der Waals surface area (Å²) in [6.07, 6.45) is 8.70. The maximum Gasteiger partial charge on any atom is 0.228 e. The Morgan fingerprint density at radius 1 is 1.00 bits per heavy atom. The lowest BCUT2D eigenvalue weighted by Gasteiger charge is -2.33. The molecule has 0 radical (unpaired) electrons. The number of hydrogen-bond donors (Lipinski definition) is 0. The van der Waals surface area contributed by atoms with E-state index in [-0.39, 0.29) is 5.92 Å². The van der Waals surface area contributed by atoms with E-state index >= 15 is 0 Å². The normalized spacial score (nSPS) is 32.6. The van der Waals surface area contributed by atoms with Gasteiger partial charge in [0.15, 0.2) is 0 Å². The summed E-state index contributed by atoms with van der Waals surface area (Å²) in [5.74, 6) is 2.43. The van der Waals surface area contributed by atoms with Crippen molar-refractivity contribution in [2.75, 3.05) is 45.9 Å².